The molecule has 0 radical (unpaired) electrons. The molecule has 0 bridgehead atoms. The van der Waals surface area contributed by atoms with Crippen molar-refractivity contribution in [2.24, 2.45) is 0 Å². The summed E-state index contributed by atoms with van der Waals surface area (Å²) in [6, 6.07) is 11.3. The van der Waals surface area contributed by atoms with Gasteiger partial charge in [0.1, 0.15) is 12.9 Å². The highest BCUT2D eigenvalue weighted by atomic mass is 16.8. The SMILES string of the molecule is C=C(CC=O)OCCCC(=O)c1cccc2c1-c1ccc(CCCC(=O)NCCOCCCOC)cc1C2COC(=O)ON1C(=O)CCC1=O. The summed E-state index contributed by atoms with van der Waals surface area (Å²) in [6.07, 6.45) is 2.49. The number of methoxy groups -OCH3 is 1. The van der Waals surface area contributed by atoms with Gasteiger partial charge in [0.25, 0.3) is 11.8 Å². The van der Waals surface area contributed by atoms with Gasteiger partial charge in [0.15, 0.2) is 5.78 Å². The largest absolute Gasteiger partial charge is 0.533 e. The quantitative estimate of drug-likeness (QED) is 0.0459. The molecule has 0 aromatic heterocycles. The van der Waals surface area contributed by atoms with Gasteiger partial charge in [-0.15, -0.1) is 0 Å². The van der Waals surface area contributed by atoms with Crippen molar-refractivity contribution in [3.63, 3.8) is 0 Å². The maximum atomic E-state index is 13.5. The second-order valence-corrected chi connectivity index (χ2v) is 11.9. The number of nitrogens with zero attached hydrogens (tertiary/aromatic N) is 1. The predicted octanol–water partition coefficient (Wildman–Crippen LogP) is 4.59. The molecule has 0 spiro atoms. The van der Waals surface area contributed by atoms with Crippen LogP contribution in [-0.4, -0.2) is 87.7 Å². The van der Waals surface area contributed by atoms with Gasteiger partial charge in [0.2, 0.25) is 5.91 Å². The van der Waals surface area contributed by atoms with Crippen molar-refractivity contribution in [1.82, 2.24) is 10.4 Å². The summed E-state index contributed by atoms with van der Waals surface area (Å²) >= 11 is 0. The highest BCUT2D eigenvalue weighted by molar-refractivity contribution is 6.05. The minimum Gasteiger partial charge on any atom is -0.498 e. The maximum Gasteiger partial charge on any atom is 0.533 e. The Morgan fingerprint density at radius 1 is 0.940 bits per heavy atom. The van der Waals surface area contributed by atoms with E-state index in [1.54, 1.807) is 19.2 Å². The van der Waals surface area contributed by atoms with Gasteiger partial charge in [-0.1, -0.05) is 48.0 Å². The fraction of sp³-hybridized carbons (Fsp3) is 0.459. The molecule has 1 heterocycles. The number of allylic oxidation sites excluding steroid dienone is 1. The number of aryl methyl sites for hydroxylation is 1. The lowest BCUT2D eigenvalue weighted by Gasteiger charge is -2.17. The molecule has 50 heavy (non-hydrogen) atoms. The van der Waals surface area contributed by atoms with Gasteiger partial charge in [-0.05, 0) is 53.5 Å². The monoisotopic (exact) mass is 692 g/mol. The number of fused-ring (bicyclic) bond motifs is 3. The van der Waals surface area contributed by atoms with Crippen molar-refractivity contribution in [3.05, 3.63) is 71.0 Å². The van der Waals surface area contributed by atoms with Gasteiger partial charge in [0, 0.05) is 64.0 Å². The van der Waals surface area contributed by atoms with Crippen molar-refractivity contribution in [1.29, 1.82) is 0 Å². The number of ether oxygens (including phenoxy) is 4. The molecular formula is C37H44N2O11. The zero-order valence-electron chi connectivity index (χ0n) is 28.4. The number of Topliss-reactive ketones (excluding diaryl/α,β-unsaturated/α-hetero) is 1. The van der Waals surface area contributed by atoms with E-state index in [1.807, 2.05) is 24.3 Å². The molecule has 1 aliphatic carbocycles. The van der Waals surface area contributed by atoms with Gasteiger partial charge in [-0.25, -0.2) is 4.79 Å². The molecule has 2 aromatic rings. The number of amides is 3. The van der Waals surface area contributed by atoms with Gasteiger partial charge < -0.3 is 29.1 Å². The van der Waals surface area contributed by atoms with Gasteiger partial charge in [-0.3, -0.25) is 24.0 Å². The molecule has 13 heteroatoms. The molecule has 1 unspecified atom stereocenters. The lowest BCUT2D eigenvalue weighted by atomic mass is 9.93. The molecule has 1 aliphatic heterocycles. The fourth-order valence-electron chi connectivity index (χ4n) is 5.88. The Balaban J connectivity index is 1.43. The fourth-order valence-corrected chi connectivity index (χ4v) is 5.88. The second kappa shape index (κ2) is 19.3. The molecule has 1 atom stereocenters. The molecule has 4 rings (SSSR count). The summed E-state index contributed by atoms with van der Waals surface area (Å²) in [7, 11) is 1.64. The number of aldehydes is 1. The third-order valence-electron chi connectivity index (χ3n) is 8.31. The van der Waals surface area contributed by atoms with Crippen LogP contribution < -0.4 is 5.32 Å². The summed E-state index contributed by atoms with van der Waals surface area (Å²) in [6.45, 7) is 5.81. The van der Waals surface area contributed by atoms with Crippen molar-refractivity contribution in [2.45, 2.75) is 63.7 Å². The highest BCUT2D eigenvalue weighted by Crippen LogP contribution is 2.47. The molecular weight excluding hydrogens is 648 g/mol. The Bertz CT molecular complexity index is 1550. The average Bonchev–Trinajstić information content (AvgIpc) is 3.59. The number of hydrogen-bond acceptors (Lipinski definition) is 11. The van der Waals surface area contributed by atoms with E-state index < -0.39 is 23.9 Å². The van der Waals surface area contributed by atoms with E-state index in [1.165, 1.54) is 0 Å². The van der Waals surface area contributed by atoms with E-state index in [9.17, 15) is 28.8 Å². The molecule has 3 amide bonds. The van der Waals surface area contributed by atoms with Crippen LogP contribution in [0.4, 0.5) is 4.79 Å². The minimum absolute atomic E-state index is 0.0416. The van der Waals surface area contributed by atoms with E-state index in [0.29, 0.717) is 74.7 Å². The number of hydroxylamine groups is 2. The van der Waals surface area contributed by atoms with Crippen molar-refractivity contribution in [2.75, 3.05) is 46.7 Å². The van der Waals surface area contributed by atoms with E-state index >= 15 is 0 Å². The number of ketones is 1. The topological polar surface area (TPSA) is 164 Å². The zero-order chi connectivity index (χ0) is 35.9. The molecule has 268 valence electrons. The Morgan fingerprint density at radius 2 is 1.74 bits per heavy atom. The Morgan fingerprint density at radius 3 is 2.50 bits per heavy atom. The van der Waals surface area contributed by atoms with Crippen LogP contribution in [0.15, 0.2) is 48.7 Å². The Hall–Kier alpha value is -4.88. The molecule has 0 saturated carbocycles. The number of hydrogen-bond donors (Lipinski definition) is 1. The first kappa shape index (κ1) is 37.9. The van der Waals surface area contributed by atoms with Crippen LogP contribution in [0.25, 0.3) is 11.1 Å². The zero-order valence-corrected chi connectivity index (χ0v) is 28.4. The summed E-state index contributed by atoms with van der Waals surface area (Å²) < 4.78 is 21.3. The number of imide groups is 1. The smallest absolute Gasteiger partial charge is 0.498 e. The van der Waals surface area contributed by atoms with E-state index in [4.69, 9.17) is 23.8 Å². The van der Waals surface area contributed by atoms with Crippen LogP contribution in [0.5, 0.6) is 0 Å². The van der Waals surface area contributed by atoms with E-state index in [-0.39, 0.29) is 50.6 Å². The van der Waals surface area contributed by atoms with Crippen LogP contribution >= 0.6 is 0 Å². The molecule has 1 fully saturated rings. The number of carbonyl (C=O) groups excluding carboxylic acids is 6. The lowest BCUT2D eigenvalue weighted by Crippen LogP contribution is -2.32. The normalized spacial score (nSPS) is 14.6. The lowest BCUT2D eigenvalue weighted by molar-refractivity contribution is -0.177. The first-order valence-corrected chi connectivity index (χ1v) is 16.8. The average molecular weight is 693 g/mol. The molecule has 2 aliphatic rings. The van der Waals surface area contributed by atoms with Gasteiger partial charge >= 0.3 is 6.16 Å². The van der Waals surface area contributed by atoms with Crippen LogP contribution in [-0.2, 0) is 49.4 Å². The molecule has 13 nitrogen and oxygen atoms in total. The van der Waals surface area contributed by atoms with Crippen molar-refractivity contribution < 1.29 is 52.6 Å². The number of nitrogens with one attached hydrogen (secondary N) is 1. The van der Waals surface area contributed by atoms with Gasteiger partial charge in [0.05, 0.1) is 25.4 Å². The van der Waals surface area contributed by atoms with Crippen LogP contribution in [0.1, 0.15) is 84.3 Å². The van der Waals surface area contributed by atoms with Crippen LogP contribution in [0, 0.1) is 0 Å². The highest BCUT2D eigenvalue weighted by Gasteiger charge is 2.36. The Kier molecular flexibility index (Phi) is 14.7. The number of rotatable bonds is 22. The standard InChI is InChI=1S/C37H44N2O11/c1-25(16-18-40)48-21-5-10-32(41)29-9-4-8-27-31(24-49-37(45)50-39-34(43)14-15-35(39)44)30-23-26(12-13-28(30)36(27)29)7-3-11-33(42)38-17-22-47-20-6-19-46-2/h4,8-9,12-13,18,23,31H,1,3,5-7,10-11,14-17,19-22,24H2,2H3,(H,38,42). The van der Waals surface area contributed by atoms with E-state index in [0.717, 1.165) is 34.2 Å². The van der Waals surface area contributed by atoms with Crippen molar-refractivity contribution >= 4 is 35.9 Å². The number of benzene rings is 2. The first-order chi connectivity index (χ1) is 24.2. The maximum absolute atomic E-state index is 13.5. The summed E-state index contributed by atoms with van der Waals surface area (Å²) in [5, 5.41) is 3.29. The van der Waals surface area contributed by atoms with Crippen molar-refractivity contribution in [3.8, 4) is 11.1 Å². The molecule has 2 aromatic carbocycles. The third-order valence-corrected chi connectivity index (χ3v) is 8.31. The third kappa shape index (κ3) is 10.6. The second-order valence-electron chi connectivity index (χ2n) is 11.9. The Labute approximate surface area is 291 Å². The molecule has 1 saturated heterocycles. The summed E-state index contributed by atoms with van der Waals surface area (Å²) in [5.74, 6) is -1.52. The predicted molar refractivity (Wildman–Crippen MR) is 180 cm³/mol. The van der Waals surface area contributed by atoms with Gasteiger partial charge in [-0.2, -0.15) is 0 Å². The molecule has 1 N–H and O–H groups in total. The van der Waals surface area contributed by atoms with Crippen LogP contribution in [0.3, 0.4) is 0 Å². The van der Waals surface area contributed by atoms with Crippen LogP contribution in [0.2, 0.25) is 0 Å². The first-order valence-electron chi connectivity index (χ1n) is 16.8. The minimum atomic E-state index is -1.19. The van der Waals surface area contributed by atoms with E-state index in [2.05, 4.69) is 11.9 Å². The summed E-state index contributed by atoms with van der Waals surface area (Å²) in [5.41, 5.74) is 4.65. The summed E-state index contributed by atoms with van der Waals surface area (Å²) in [4.78, 5) is 77.8. The number of carbonyl (C=O) groups is 6.